The van der Waals surface area contributed by atoms with Crippen molar-refractivity contribution >= 4 is 17.9 Å². The first-order chi connectivity index (χ1) is 28.1. The molecule has 0 amide bonds. The lowest BCUT2D eigenvalue weighted by molar-refractivity contribution is -0.887. The topological polar surface area (TPSA) is 99.1 Å². The van der Waals surface area contributed by atoms with Crippen LogP contribution in [-0.2, 0) is 28.6 Å². The number of ether oxygens (including phenoxy) is 3. The van der Waals surface area contributed by atoms with Crippen LogP contribution < -0.4 is 0 Å². The van der Waals surface area contributed by atoms with E-state index in [-0.39, 0.29) is 36.2 Å². The average molecular weight is 819 g/mol. The number of carbonyl (C=O) groups excluding carboxylic acids is 2. The Kier molecular flexibility index (Phi) is 39.5. The number of unbranched alkanes of at least 4 members (excludes halogenated alkanes) is 23. The van der Waals surface area contributed by atoms with Gasteiger partial charge in [-0.2, -0.15) is 0 Å². The third-order valence-electron chi connectivity index (χ3n) is 10.8. The number of likely N-dealkylation sites (N-methyl/N-ethyl adjacent to an activating group) is 1. The molecular formula is C50H92NO7+. The molecular weight excluding hydrogens is 727 g/mol. The molecule has 0 aromatic heterocycles. The van der Waals surface area contributed by atoms with Crippen molar-refractivity contribution in [3.63, 3.8) is 0 Å². The van der Waals surface area contributed by atoms with Crippen LogP contribution in [0.15, 0.2) is 36.5 Å². The van der Waals surface area contributed by atoms with E-state index >= 15 is 0 Å². The second kappa shape index (κ2) is 41.3. The van der Waals surface area contributed by atoms with Crippen LogP contribution in [0, 0.1) is 0 Å². The Morgan fingerprint density at radius 3 is 1.43 bits per heavy atom. The molecule has 0 rings (SSSR count). The van der Waals surface area contributed by atoms with Crippen LogP contribution in [0.5, 0.6) is 0 Å². The van der Waals surface area contributed by atoms with E-state index in [1.54, 1.807) is 0 Å². The molecule has 0 aromatic carbocycles. The van der Waals surface area contributed by atoms with Gasteiger partial charge in [-0.1, -0.05) is 185 Å². The molecule has 8 heteroatoms. The summed E-state index contributed by atoms with van der Waals surface area (Å²) in [5.74, 6) is -1.46. The van der Waals surface area contributed by atoms with E-state index in [0.29, 0.717) is 19.3 Å². The molecule has 0 heterocycles. The summed E-state index contributed by atoms with van der Waals surface area (Å²) in [6.45, 7) is 4.65. The van der Waals surface area contributed by atoms with Crippen molar-refractivity contribution in [3.05, 3.63) is 36.5 Å². The highest BCUT2D eigenvalue weighted by Gasteiger charge is 2.31. The predicted octanol–water partition coefficient (Wildman–Crippen LogP) is 13.4. The van der Waals surface area contributed by atoms with Gasteiger partial charge in [-0.05, 0) is 44.9 Å². The number of esters is 2. The molecule has 8 nitrogen and oxygen atoms in total. The Morgan fingerprint density at radius 2 is 0.966 bits per heavy atom. The summed E-state index contributed by atoms with van der Waals surface area (Å²) in [6.07, 6.45) is 47.5. The maximum atomic E-state index is 12.8. The molecule has 0 radical (unpaired) electrons. The van der Waals surface area contributed by atoms with Gasteiger partial charge in [0.25, 0.3) is 0 Å². The molecule has 0 saturated heterocycles. The van der Waals surface area contributed by atoms with Crippen molar-refractivity contribution < 1.29 is 38.2 Å². The zero-order chi connectivity index (χ0) is 42.8. The number of carboxylic acid groups (broad SMARTS) is 1. The van der Waals surface area contributed by atoms with Gasteiger partial charge in [0.2, 0.25) is 0 Å². The molecule has 0 aliphatic rings. The second-order valence-electron chi connectivity index (χ2n) is 17.3. The Hall–Kier alpha value is -2.45. The van der Waals surface area contributed by atoms with E-state index in [4.69, 9.17) is 14.2 Å². The van der Waals surface area contributed by atoms with Crippen molar-refractivity contribution in [2.75, 3.05) is 41.0 Å². The lowest BCUT2D eigenvalue weighted by atomic mass is 10.0. The van der Waals surface area contributed by atoms with Gasteiger partial charge < -0.3 is 23.8 Å². The van der Waals surface area contributed by atoms with E-state index < -0.39 is 18.1 Å². The molecule has 0 saturated carbocycles. The maximum absolute atomic E-state index is 12.8. The predicted molar refractivity (Wildman–Crippen MR) is 243 cm³/mol. The molecule has 0 aliphatic carbocycles. The van der Waals surface area contributed by atoms with Crippen molar-refractivity contribution in [3.8, 4) is 0 Å². The number of hydrogen-bond acceptors (Lipinski definition) is 6. The highest BCUT2D eigenvalue weighted by atomic mass is 16.6. The molecule has 0 spiro atoms. The highest BCUT2D eigenvalue weighted by Crippen LogP contribution is 2.16. The molecule has 0 aliphatic heterocycles. The molecule has 0 bridgehead atoms. The monoisotopic (exact) mass is 819 g/mol. The van der Waals surface area contributed by atoms with Gasteiger partial charge in [0.05, 0.1) is 34.4 Å². The number of rotatable bonds is 43. The number of aliphatic carboxylic acids is 1. The second-order valence-corrected chi connectivity index (χ2v) is 17.3. The Balaban J connectivity index is 4.27. The normalized spacial score (nSPS) is 13.2. The third-order valence-corrected chi connectivity index (χ3v) is 10.8. The van der Waals surface area contributed by atoms with Crippen molar-refractivity contribution in [1.82, 2.24) is 0 Å². The van der Waals surface area contributed by atoms with E-state index in [0.717, 1.165) is 64.2 Å². The summed E-state index contributed by atoms with van der Waals surface area (Å²) in [5, 5.41) is 9.64. The molecule has 2 unspecified atom stereocenters. The summed E-state index contributed by atoms with van der Waals surface area (Å²) >= 11 is 0. The summed E-state index contributed by atoms with van der Waals surface area (Å²) < 4.78 is 17.3. The lowest BCUT2D eigenvalue weighted by Gasteiger charge is -2.31. The van der Waals surface area contributed by atoms with Crippen LogP contribution in [0.4, 0.5) is 0 Å². The number of hydrogen-bond donors (Lipinski definition) is 1. The standard InChI is InChI=1S/C50H91NO7/c1-6-8-10-12-14-16-18-20-22-23-24-25-27-29-31-33-35-37-39-41-49(53)58-46(44-56-43-42-47(50(54)55)51(3,4)5)45-57-48(52)40-38-36-34-32-30-28-26-21-19-17-15-13-11-9-7-2/h8,10,14,16,20,22,46-47H,6-7,9,11-13,15,17-19,21,23-45H2,1-5H3/p+1/b10-8+,16-14+,22-20+. The van der Waals surface area contributed by atoms with Gasteiger partial charge in [-0.15, -0.1) is 0 Å². The van der Waals surface area contributed by atoms with Crippen LogP contribution in [0.1, 0.15) is 213 Å². The fraction of sp³-hybridized carbons (Fsp3) is 0.820. The van der Waals surface area contributed by atoms with Crippen molar-refractivity contribution in [2.24, 2.45) is 0 Å². The molecule has 338 valence electrons. The quantitative estimate of drug-likeness (QED) is 0.0283. The summed E-state index contributed by atoms with van der Waals surface area (Å²) in [7, 11) is 5.53. The van der Waals surface area contributed by atoms with Crippen LogP contribution >= 0.6 is 0 Å². The van der Waals surface area contributed by atoms with Crippen molar-refractivity contribution in [2.45, 2.75) is 225 Å². The highest BCUT2D eigenvalue weighted by molar-refractivity contribution is 5.72. The van der Waals surface area contributed by atoms with Gasteiger partial charge in [0.15, 0.2) is 12.1 Å². The Morgan fingerprint density at radius 1 is 0.534 bits per heavy atom. The Bertz CT molecular complexity index is 1050. The van der Waals surface area contributed by atoms with Gasteiger partial charge in [-0.3, -0.25) is 9.59 Å². The first kappa shape index (κ1) is 55.5. The lowest BCUT2D eigenvalue weighted by Crippen LogP contribution is -2.50. The van der Waals surface area contributed by atoms with E-state index in [9.17, 15) is 19.5 Å². The number of allylic oxidation sites excluding steroid dienone is 6. The largest absolute Gasteiger partial charge is 0.477 e. The van der Waals surface area contributed by atoms with Crippen LogP contribution in [0.3, 0.4) is 0 Å². The minimum atomic E-state index is -0.874. The van der Waals surface area contributed by atoms with Crippen LogP contribution in [0.2, 0.25) is 0 Å². The average Bonchev–Trinajstić information content (AvgIpc) is 3.18. The fourth-order valence-corrected chi connectivity index (χ4v) is 7.11. The first-order valence-corrected chi connectivity index (χ1v) is 24.0. The molecule has 1 N–H and O–H groups in total. The molecule has 58 heavy (non-hydrogen) atoms. The van der Waals surface area contributed by atoms with Gasteiger partial charge in [-0.25, -0.2) is 4.79 Å². The molecule has 2 atom stereocenters. The van der Waals surface area contributed by atoms with Gasteiger partial charge in [0, 0.05) is 19.3 Å². The van der Waals surface area contributed by atoms with E-state index in [1.165, 1.54) is 116 Å². The first-order valence-electron chi connectivity index (χ1n) is 24.0. The number of carbonyl (C=O) groups is 3. The van der Waals surface area contributed by atoms with Gasteiger partial charge >= 0.3 is 17.9 Å². The summed E-state index contributed by atoms with van der Waals surface area (Å²) in [6, 6.07) is -0.614. The number of nitrogens with zero attached hydrogens (tertiary/aromatic N) is 1. The van der Waals surface area contributed by atoms with Gasteiger partial charge in [0.1, 0.15) is 6.61 Å². The smallest absolute Gasteiger partial charge is 0.362 e. The van der Waals surface area contributed by atoms with Crippen molar-refractivity contribution in [1.29, 1.82) is 0 Å². The Labute approximate surface area is 357 Å². The molecule has 0 fully saturated rings. The number of carboxylic acids is 1. The maximum Gasteiger partial charge on any atom is 0.362 e. The SMILES string of the molecule is CC/C=C/C/C=C/C/C=C/CCCCCCCCCCCC(=O)OC(COCCC(C(=O)O)[N+](C)(C)C)COC(=O)CCCCCCCCCCCCCCCCC. The summed E-state index contributed by atoms with van der Waals surface area (Å²) in [4.78, 5) is 37.1. The van der Waals surface area contributed by atoms with Crippen LogP contribution in [-0.4, -0.2) is 80.6 Å². The zero-order valence-electron chi connectivity index (χ0n) is 38.5. The minimum absolute atomic E-state index is 0.0498. The van der Waals surface area contributed by atoms with Crippen LogP contribution in [0.25, 0.3) is 0 Å². The number of quaternary nitrogens is 1. The zero-order valence-corrected chi connectivity index (χ0v) is 38.5. The fourth-order valence-electron chi connectivity index (χ4n) is 7.11. The summed E-state index contributed by atoms with van der Waals surface area (Å²) in [5.41, 5.74) is 0. The third kappa shape index (κ3) is 39.0. The van der Waals surface area contributed by atoms with E-state index in [2.05, 4.69) is 50.3 Å². The molecule has 0 aromatic rings. The minimum Gasteiger partial charge on any atom is -0.477 e. The van der Waals surface area contributed by atoms with E-state index in [1.807, 2.05) is 21.1 Å².